The molecule has 32 heavy (non-hydrogen) atoms. The van der Waals surface area contributed by atoms with Gasteiger partial charge in [-0.05, 0) is 84.5 Å². The van der Waals surface area contributed by atoms with E-state index in [2.05, 4.69) is 73.9 Å². The van der Waals surface area contributed by atoms with Crippen LogP contribution in [0.15, 0.2) is 60.7 Å². The predicted octanol–water partition coefficient (Wildman–Crippen LogP) is 4.93. The zero-order valence-corrected chi connectivity index (χ0v) is 19.1. The molecule has 3 aromatic carbocycles. The molecular formula is C27H34N2O3. The number of aromatic hydroxyl groups is 1. The lowest BCUT2D eigenvalue weighted by Crippen LogP contribution is -2.23. The van der Waals surface area contributed by atoms with Gasteiger partial charge >= 0.3 is 0 Å². The minimum absolute atomic E-state index is 0.0389. The molecule has 5 heteroatoms. The summed E-state index contributed by atoms with van der Waals surface area (Å²) in [7, 11) is 0. The number of aryl methyl sites for hydroxylation is 1. The Morgan fingerprint density at radius 1 is 0.906 bits per heavy atom. The van der Waals surface area contributed by atoms with Gasteiger partial charge in [0.25, 0.3) is 0 Å². The number of anilines is 2. The first-order valence-corrected chi connectivity index (χ1v) is 11.1. The average Bonchev–Trinajstić information content (AvgIpc) is 2.77. The Morgan fingerprint density at radius 2 is 1.62 bits per heavy atom. The van der Waals surface area contributed by atoms with Gasteiger partial charge in [-0.15, -0.1) is 0 Å². The summed E-state index contributed by atoms with van der Waals surface area (Å²) < 4.78 is 0. The number of phenols is 1. The van der Waals surface area contributed by atoms with Gasteiger partial charge in [0.2, 0.25) is 0 Å². The maximum absolute atomic E-state index is 10.3. The third-order valence-corrected chi connectivity index (χ3v) is 5.72. The molecule has 3 rings (SSSR count). The van der Waals surface area contributed by atoms with Crippen molar-refractivity contribution in [2.24, 2.45) is 0 Å². The Balaban J connectivity index is 1.46. The zero-order chi connectivity index (χ0) is 23.1. The van der Waals surface area contributed by atoms with E-state index in [0.29, 0.717) is 23.6 Å². The number of hydrogen-bond donors (Lipinski definition) is 5. The molecular weight excluding hydrogens is 400 g/mol. The molecule has 0 aliphatic carbocycles. The van der Waals surface area contributed by atoms with E-state index in [1.54, 1.807) is 12.1 Å². The molecule has 5 nitrogen and oxygen atoms in total. The average molecular weight is 435 g/mol. The van der Waals surface area contributed by atoms with E-state index in [-0.39, 0.29) is 12.4 Å². The molecule has 1 atom stereocenters. The number of aliphatic hydroxyl groups is 2. The van der Waals surface area contributed by atoms with Gasteiger partial charge in [0, 0.05) is 23.5 Å². The van der Waals surface area contributed by atoms with Gasteiger partial charge in [0.05, 0.1) is 12.7 Å². The van der Waals surface area contributed by atoms with Crippen molar-refractivity contribution >= 4 is 11.4 Å². The van der Waals surface area contributed by atoms with Crippen LogP contribution in [0.25, 0.3) is 0 Å². The topological polar surface area (TPSA) is 84.8 Å². The number of nitrogens with one attached hydrogen (secondary N) is 2. The number of rotatable bonds is 10. The second-order valence-electron chi connectivity index (χ2n) is 8.56. The van der Waals surface area contributed by atoms with E-state index < -0.39 is 6.10 Å². The third-order valence-electron chi connectivity index (χ3n) is 5.72. The molecule has 170 valence electrons. The smallest absolute Gasteiger partial charge is 0.121 e. The summed E-state index contributed by atoms with van der Waals surface area (Å²) >= 11 is 0. The zero-order valence-electron chi connectivity index (χ0n) is 19.1. The van der Waals surface area contributed by atoms with Crippen molar-refractivity contribution in [1.82, 2.24) is 5.32 Å². The van der Waals surface area contributed by atoms with E-state index in [9.17, 15) is 15.3 Å². The lowest BCUT2D eigenvalue weighted by Gasteiger charge is -2.14. The summed E-state index contributed by atoms with van der Waals surface area (Å²) in [5.41, 5.74) is 7.14. The van der Waals surface area contributed by atoms with Crippen molar-refractivity contribution in [3.05, 3.63) is 88.5 Å². The normalized spacial score (nSPS) is 12.2. The van der Waals surface area contributed by atoms with Crippen LogP contribution < -0.4 is 10.6 Å². The molecule has 0 aromatic heterocycles. The molecule has 0 saturated carbocycles. The van der Waals surface area contributed by atoms with E-state index in [1.807, 2.05) is 0 Å². The SMILES string of the molecule is Cc1cc(Nc2ccc(CCNCC(O)c3ccc(O)c(CO)c3)cc2)ccc1C(C)C. The fourth-order valence-electron chi connectivity index (χ4n) is 3.85. The van der Waals surface area contributed by atoms with Gasteiger partial charge in [-0.1, -0.05) is 38.1 Å². The maximum atomic E-state index is 10.3. The molecule has 0 amide bonds. The van der Waals surface area contributed by atoms with E-state index >= 15 is 0 Å². The highest BCUT2D eigenvalue weighted by atomic mass is 16.3. The molecule has 0 fully saturated rings. The molecule has 3 aromatic rings. The molecule has 0 saturated heterocycles. The first-order chi connectivity index (χ1) is 15.4. The summed E-state index contributed by atoms with van der Waals surface area (Å²) in [6.45, 7) is 7.47. The Kier molecular flexibility index (Phi) is 8.28. The molecule has 0 heterocycles. The molecule has 0 bridgehead atoms. The highest BCUT2D eigenvalue weighted by molar-refractivity contribution is 5.61. The lowest BCUT2D eigenvalue weighted by atomic mass is 9.97. The van der Waals surface area contributed by atoms with Crippen molar-refractivity contribution in [1.29, 1.82) is 0 Å². The lowest BCUT2D eigenvalue weighted by molar-refractivity contribution is 0.174. The van der Waals surface area contributed by atoms with Crippen LogP contribution in [-0.2, 0) is 13.0 Å². The third kappa shape index (κ3) is 6.33. The van der Waals surface area contributed by atoms with Crippen LogP contribution in [0.1, 0.15) is 53.7 Å². The Hall–Kier alpha value is -2.86. The highest BCUT2D eigenvalue weighted by Crippen LogP contribution is 2.25. The van der Waals surface area contributed by atoms with E-state index in [0.717, 1.165) is 24.3 Å². The number of benzene rings is 3. The summed E-state index contributed by atoms with van der Waals surface area (Å²) in [5, 5.41) is 36.0. The molecule has 0 radical (unpaired) electrons. The second kappa shape index (κ2) is 11.1. The number of hydrogen-bond acceptors (Lipinski definition) is 5. The van der Waals surface area contributed by atoms with Gasteiger partial charge in [-0.2, -0.15) is 0 Å². The van der Waals surface area contributed by atoms with Crippen LogP contribution in [0.2, 0.25) is 0 Å². The number of aliphatic hydroxyl groups excluding tert-OH is 2. The van der Waals surface area contributed by atoms with Crippen LogP contribution >= 0.6 is 0 Å². The standard InChI is InChI=1S/C27H34N2O3/c1-18(2)25-10-9-24(14-19(25)3)29-23-7-4-20(5-8-23)12-13-28-16-27(32)21-6-11-26(31)22(15-21)17-30/h4-11,14-15,18,27-32H,12-13,16-17H2,1-3H3. The van der Waals surface area contributed by atoms with Gasteiger partial charge in [0.15, 0.2) is 0 Å². The largest absolute Gasteiger partial charge is 0.508 e. The van der Waals surface area contributed by atoms with Crippen LogP contribution in [0, 0.1) is 6.92 Å². The van der Waals surface area contributed by atoms with Crippen LogP contribution in [0.4, 0.5) is 11.4 Å². The van der Waals surface area contributed by atoms with Crippen molar-refractivity contribution in [3.63, 3.8) is 0 Å². The van der Waals surface area contributed by atoms with E-state index in [1.165, 1.54) is 22.8 Å². The Labute approximate surface area is 190 Å². The fourth-order valence-corrected chi connectivity index (χ4v) is 3.85. The maximum Gasteiger partial charge on any atom is 0.121 e. The second-order valence-corrected chi connectivity index (χ2v) is 8.56. The Bertz CT molecular complexity index is 1020. The summed E-state index contributed by atoms with van der Waals surface area (Å²) in [6.07, 6.45) is 0.158. The highest BCUT2D eigenvalue weighted by Gasteiger charge is 2.10. The van der Waals surface area contributed by atoms with Crippen molar-refractivity contribution in [3.8, 4) is 5.75 Å². The van der Waals surface area contributed by atoms with Crippen molar-refractivity contribution < 1.29 is 15.3 Å². The predicted molar refractivity (Wildman–Crippen MR) is 131 cm³/mol. The van der Waals surface area contributed by atoms with Gasteiger partial charge in [-0.25, -0.2) is 0 Å². The molecule has 0 aliphatic rings. The van der Waals surface area contributed by atoms with E-state index in [4.69, 9.17) is 0 Å². The minimum atomic E-state index is -0.696. The molecule has 0 spiro atoms. The fraction of sp³-hybridized carbons (Fsp3) is 0.333. The van der Waals surface area contributed by atoms with Crippen molar-refractivity contribution in [2.45, 2.75) is 45.8 Å². The molecule has 5 N–H and O–H groups in total. The summed E-state index contributed by atoms with van der Waals surface area (Å²) in [5.74, 6) is 0.564. The molecule has 1 unspecified atom stereocenters. The van der Waals surface area contributed by atoms with Crippen LogP contribution in [0.5, 0.6) is 5.75 Å². The van der Waals surface area contributed by atoms with Gasteiger partial charge in [-0.3, -0.25) is 0 Å². The van der Waals surface area contributed by atoms with Crippen LogP contribution in [-0.4, -0.2) is 28.4 Å². The summed E-state index contributed by atoms with van der Waals surface area (Å²) in [4.78, 5) is 0. The first-order valence-electron chi connectivity index (χ1n) is 11.1. The first kappa shape index (κ1) is 23.8. The quantitative estimate of drug-likeness (QED) is 0.292. The monoisotopic (exact) mass is 434 g/mol. The minimum Gasteiger partial charge on any atom is -0.508 e. The Morgan fingerprint density at radius 3 is 2.28 bits per heavy atom. The van der Waals surface area contributed by atoms with Gasteiger partial charge < -0.3 is 26.0 Å². The van der Waals surface area contributed by atoms with Crippen LogP contribution in [0.3, 0.4) is 0 Å². The summed E-state index contributed by atoms with van der Waals surface area (Å²) in [6, 6.07) is 19.7. The van der Waals surface area contributed by atoms with Gasteiger partial charge in [0.1, 0.15) is 5.75 Å². The van der Waals surface area contributed by atoms with Crippen molar-refractivity contribution in [2.75, 3.05) is 18.4 Å². The molecule has 0 aliphatic heterocycles.